The first-order valence-corrected chi connectivity index (χ1v) is 10.6. The van der Waals surface area contributed by atoms with Gasteiger partial charge in [0.1, 0.15) is 22.4 Å². The van der Waals surface area contributed by atoms with E-state index in [1.54, 1.807) is 26.2 Å². The molecule has 0 aliphatic heterocycles. The number of nitrogens with zero attached hydrogens (tertiary/aromatic N) is 2. The summed E-state index contributed by atoms with van der Waals surface area (Å²) in [4.78, 5) is 17.5. The van der Waals surface area contributed by atoms with Crippen LogP contribution in [-0.2, 0) is 16.0 Å². The molecule has 156 valence electrons. The van der Waals surface area contributed by atoms with Crippen molar-refractivity contribution < 1.29 is 19.4 Å². The van der Waals surface area contributed by atoms with Crippen molar-refractivity contribution in [2.24, 2.45) is 4.99 Å². The second-order valence-electron chi connectivity index (χ2n) is 6.31. The van der Waals surface area contributed by atoms with Crippen molar-refractivity contribution >= 4 is 41.4 Å². The van der Waals surface area contributed by atoms with Gasteiger partial charge in [-0.05, 0) is 36.8 Å². The lowest BCUT2D eigenvalue weighted by Crippen LogP contribution is -2.24. The number of esters is 1. The highest BCUT2D eigenvalue weighted by atomic mass is 32.1. The molecule has 3 aromatic rings. The summed E-state index contributed by atoms with van der Waals surface area (Å²) < 4.78 is 12.3. The van der Waals surface area contributed by atoms with E-state index >= 15 is 0 Å². The number of methoxy groups -OCH3 is 1. The molecule has 30 heavy (non-hydrogen) atoms. The molecule has 0 saturated carbocycles. The highest BCUT2D eigenvalue weighted by Gasteiger charge is 2.27. The quantitative estimate of drug-likeness (QED) is 0.299. The molecule has 6 nitrogen and oxygen atoms in total. The minimum Gasteiger partial charge on any atom is -0.494 e. The standard InChI is InChI=1S/C22H22N2O4S2/c1-3-28-21(26)17(13-15-9-5-4-6-10-15)24-20(25)19(30-22(24)29)14-23-16-11-7-8-12-18(16)27-2/h4-12,14,17,25H,3,13H2,1-2H3/t17-/m0/s1. The number of para-hydroxylation sites is 2. The second-order valence-corrected chi connectivity index (χ2v) is 7.99. The Morgan fingerprint density at radius 1 is 1.23 bits per heavy atom. The minimum absolute atomic E-state index is 0.113. The summed E-state index contributed by atoms with van der Waals surface area (Å²) in [6, 6.07) is 16.1. The lowest BCUT2D eigenvalue weighted by Gasteiger charge is -2.18. The first-order chi connectivity index (χ1) is 14.5. The van der Waals surface area contributed by atoms with Crippen LogP contribution in [0.15, 0.2) is 59.6 Å². The monoisotopic (exact) mass is 442 g/mol. The molecular formula is C22H22N2O4S2. The largest absolute Gasteiger partial charge is 0.494 e. The smallest absolute Gasteiger partial charge is 0.329 e. The van der Waals surface area contributed by atoms with Crippen molar-refractivity contribution in [1.82, 2.24) is 4.57 Å². The molecule has 3 rings (SSSR count). The zero-order valence-electron chi connectivity index (χ0n) is 16.6. The predicted octanol–water partition coefficient (Wildman–Crippen LogP) is 5.09. The van der Waals surface area contributed by atoms with E-state index in [0.29, 0.717) is 26.7 Å². The van der Waals surface area contributed by atoms with Gasteiger partial charge in [-0.25, -0.2) is 4.79 Å². The Balaban J connectivity index is 1.97. The molecular weight excluding hydrogens is 420 g/mol. The van der Waals surface area contributed by atoms with Crippen LogP contribution in [0.5, 0.6) is 11.6 Å². The maximum absolute atomic E-state index is 12.7. The lowest BCUT2D eigenvalue weighted by atomic mass is 10.1. The van der Waals surface area contributed by atoms with Crippen LogP contribution in [0.3, 0.4) is 0 Å². The zero-order valence-corrected chi connectivity index (χ0v) is 18.3. The highest BCUT2D eigenvalue weighted by Crippen LogP contribution is 2.32. The second kappa shape index (κ2) is 10.2. The van der Waals surface area contributed by atoms with Gasteiger partial charge < -0.3 is 14.6 Å². The van der Waals surface area contributed by atoms with E-state index in [-0.39, 0.29) is 12.5 Å². The van der Waals surface area contributed by atoms with Crippen molar-refractivity contribution in [3.05, 3.63) is 69.0 Å². The Hall–Kier alpha value is -2.97. The van der Waals surface area contributed by atoms with Crippen LogP contribution in [-0.4, -0.2) is 35.6 Å². The summed E-state index contributed by atoms with van der Waals surface area (Å²) in [5, 5.41) is 10.9. The summed E-state index contributed by atoms with van der Waals surface area (Å²) in [5.41, 5.74) is 1.56. The number of ether oxygens (including phenoxy) is 2. The molecule has 0 aliphatic rings. The molecule has 0 aliphatic carbocycles. The van der Waals surface area contributed by atoms with E-state index < -0.39 is 12.0 Å². The molecule has 0 fully saturated rings. The summed E-state index contributed by atoms with van der Waals surface area (Å²) in [6.45, 7) is 1.99. The fraction of sp³-hybridized carbons (Fsp3) is 0.227. The molecule has 8 heteroatoms. The predicted molar refractivity (Wildman–Crippen MR) is 121 cm³/mol. The van der Waals surface area contributed by atoms with Gasteiger partial charge in [-0.1, -0.05) is 53.8 Å². The van der Waals surface area contributed by atoms with Crippen molar-refractivity contribution in [3.63, 3.8) is 0 Å². The van der Waals surface area contributed by atoms with E-state index in [1.807, 2.05) is 42.5 Å². The van der Waals surface area contributed by atoms with Gasteiger partial charge >= 0.3 is 5.97 Å². The average Bonchev–Trinajstić information content (AvgIpc) is 3.04. The molecule has 2 aromatic carbocycles. The summed E-state index contributed by atoms with van der Waals surface area (Å²) in [7, 11) is 1.57. The van der Waals surface area contributed by atoms with Crippen molar-refractivity contribution in [2.45, 2.75) is 19.4 Å². The van der Waals surface area contributed by atoms with E-state index in [1.165, 1.54) is 22.1 Å². The molecule has 1 atom stereocenters. The summed E-state index contributed by atoms with van der Waals surface area (Å²) in [6.07, 6.45) is 1.87. The first-order valence-electron chi connectivity index (χ1n) is 9.37. The molecule has 0 unspecified atom stereocenters. The molecule has 0 bridgehead atoms. The number of aromatic nitrogens is 1. The van der Waals surface area contributed by atoms with Gasteiger partial charge in [0.25, 0.3) is 0 Å². The SMILES string of the molecule is CCOC(=O)[C@H](Cc1ccccc1)n1c(O)c(C=Nc2ccccc2OC)sc1=S. The van der Waals surface area contributed by atoms with Gasteiger partial charge in [0.05, 0.1) is 19.9 Å². The third-order valence-electron chi connectivity index (χ3n) is 4.39. The highest BCUT2D eigenvalue weighted by molar-refractivity contribution is 7.73. The summed E-state index contributed by atoms with van der Waals surface area (Å²) in [5.74, 6) is 0.0566. The van der Waals surface area contributed by atoms with Gasteiger partial charge in [0.2, 0.25) is 5.88 Å². The Morgan fingerprint density at radius 2 is 1.93 bits per heavy atom. The molecule has 1 heterocycles. The Kier molecular flexibility index (Phi) is 7.37. The van der Waals surface area contributed by atoms with Crippen LogP contribution >= 0.6 is 23.6 Å². The van der Waals surface area contributed by atoms with E-state index in [9.17, 15) is 9.90 Å². The van der Waals surface area contributed by atoms with Crippen LogP contribution in [0.2, 0.25) is 0 Å². The fourth-order valence-electron chi connectivity index (χ4n) is 2.97. The topological polar surface area (TPSA) is 73.0 Å². The van der Waals surface area contributed by atoms with E-state index in [4.69, 9.17) is 21.7 Å². The fourth-order valence-corrected chi connectivity index (χ4v) is 4.25. The number of hydrogen-bond donors (Lipinski definition) is 1. The van der Waals surface area contributed by atoms with Gasteiger partial charge in [0, 0.05) is 6.42 Å². The third-order valence-corrected chi connectivity index (χ3v) is 5.72. The number of benzene rings is 2. The number of carbonyl (C=O) groups is 1. The molecule has 1 aromatic heterocycles. The lowest BCUT2D eigenvalue weighted by molar-refractivity contribution is -0.147. The van der Waals surface area contributed by atoms with Gasteiger partial charge in [-0.2, -0.15) is 0 Å². The van der Waals surface area contributed by atoms with Crippen LogP contribution < -0.4 is 4.74 Å². The maximum atomic E-state index is 12.7. The molecule has 0 spiro atoms. The van der Waals surface area contributed by atoms with Crippen molar-refractivity contribution in [3.8, 4) is 11.6 Å². The first kappa shape index (κ1) is 21.7. The number of rotatable bonds is 8. The Bertz CT molecular complexity index is 1090. The van der Waals surface area contributed by atoms with Crippen molar-refractivity contribution in [1.29, 1.82) is 0 Å². The minimum atomic E-state index is -0.774. The zero-order chi connectivity index (χ0) is 21.5. The van der Waals surface area contributed by atoms with Crippen LogP contribution in [0.1, 0.15) is 23.4 Å². The number of thiazole rings is 1. The molecule has 0 radical (unpaired) electrons. The van der Waals surface area contributed by atoms with Crippen molar-refractivity contribution in [2.75, 3.05) is 13.7 Å². The van der Waals surface area contributed by atoms with Crippen LogP contribution in [0, 0.1) is 3.95 Å². The van der Waals surface area contributed by atoms with E-state index in [2.05, 4.69) is 4.99 Å². The summed E-state index contributed by atoms with van der Waals surface area (Å²) >= 11 is 6.64. The van der Waals surface area contributed by atoms with Gasteiger partial charge in [-0.15, -0.1) is 0 Å². The molecule has 1 N–H and O–H groups in total. The maximum Gasteiger partial charge on any atom is 0.329 e. The van der Waals surface area contributed by atoms with E-state index in [0.717, 1.165) is 5.56 Å². The Labute approximate surface area is 184 Å². The normalized spacial score (nSPS) is 12.1. The third kappa shape index (κ3) is 4.95. The number of aliphatic imine (C=N–C) groups is 1. The van der Waals surface area contributed by atoms with Crippen LogP contribution in [0.4, 0.5) is 5.69 Å². The van der Waals surface area contributed by atoms with Crippen LogP contribution in [0.25, 0.3) is 0 Å². The van der Waals surface area contributed by atoms with Gasteiger partial charge in [0.15, 0.2) is 3.95 Å². The molecule has 0 saturated heterocycles. The number of aromatic hydroxyl groups is 1. The van der Waals surface area contributed by atoms with Gasteiger partial charge in [-0.3, -0.25) is 9.56 Å². The molecule has 0 amide bonds. The average molecular weight is 443 g/mol. The number of hydrogen-bond acceptors (Lipinski definition) is 7. The number of carbonyl (C=O) groups excluding carboxylic acids is 1. The Morgan fingerprint density at radius 3 is 2.63 bits per heavy atom.